The molecule has 1 aliphatic heterocycles. The zero-order valence-corrected chi connectivity index (χ0v) is 16.1. The molecule has 0 unspecified atom stereocenters. The maximum Gasteiger partial charge on any atom is 0.106 e. The summed E-state index contributed by atoms with van der Waals surface area (Å²) in [6.45, 7) is 2.11. The number of aromatic nitrogens is 1. The Kier molecular flexibility index (Phi) is 5.58. The molecule has 2 heterocycles. The normalized spacial score (nSPS) is 28.0. The van der Waals surface area contributed by atoms with E-state index < -0.39 is 5.60 Å². The molecular formula is C24H30N2O. The third-order valence-corrected chi connectivity index (χ3v) is 6.28. The summed E-state index contributed by atoms with van der Waals surface area (Å²) < 4.78 is 0. The van der Waals surface area contributed by atoms with Gasteiger partial charge in [0, 0.05) is 19.3 Å². The molecule has 0 atom stereocenters. The molecule has 1 aromatic heterocycles. The maximum atomic E-state index is 10.9. The molecule has 0 saturated heterocycles. The Labute approximate surface area is 162 Å². The van der Waals surface area contributed by atoms with Crippen LogP contribution >= 0.6 is 0 Å². The number of hydrogen-bond acceptors (Lipinski definition) is 3. The van der Waals surface area contributed by atoms with Gasteiger partial charge in [-0.25, -0.2) is 0 Å². The first-order chi connectivity index (χ1) is 13.2. The average molecular weight is 363 g/mol. The van der Waals surface area contributed by atoms with Crippen molar-refractivity contribution in [2.75, 3.05) is 13.1 Å². The van der Waals surface area contributed by atoms with Crippen molar-refractivity contribution in [3.63, 3.8) is 0 Å². The van der Waals surface area contributed by atoms with Gasteiger partial charge in [-0.15, -0.1) is 0 Å². The molecule has 0 bridgehead atoms. The highest BCUT2D eigenvalue weighted by Crippen LogP contribution is 2.39. The van der Waals surface area contributed by atoms with Crippen LogP contribution in [0.3, 0.4) is 0 Å². The summed E-state index contributed by atoms with van der Waals surface area (Å²) in [4.78, 5) is 6.80. The van der Waals surface area contributed by atoms with Crippen molar-refractivity contribution in [1.82, 2.24) is 9.88 Å². The third kappa shape index (κ3) is 4.41. The van der Waals surface area contributed by atoms with Crippen LogP contribution < -0.4 is 0 Å². The van der Waals surface area contributed by atoms with Gasteiger partial charge in [0.15, 0.2) is 0 Å². The molecule has 3 heteroatoms. The highest BCUT2D eigenvalue weighted by atomic mass is 16.3. The lowest BCUT2D eigenvalue weighted by Crippen LogP contribution is -2.33. The lowest BCUT2D eigenvalue weighted by atomic mass is 9.76. The second kappa shape index (κ2) is 8.26. The minimum atomic E-state index is -0.720. The van der Waals surface area contributed by atoms with Crippen LogP contribution in [0.5, 0.6) is 0 Å². The lowest BCUT2D eigenvalue weighted by Gasteiger charge is -2.36. The summed E-state index contributed by atoms with van der Waals surface area (Å²) in [7, 11) is 0. The Bertz CT molecular complexity index is 752. The number of rotatable bonds is 5. The highest BCUT2D eigenvalue weighted by Gasteiger charge is 2.35. The predicted molar refractivity (Wildman–Crippen MR) is 110 cm³/mol. The minimum Gasteiger partial charge on any atom is -0.384 e. The van der Waals surface area contributed by atoms with Crippen LogP contribution in [0, 0.1) is 5.92 Å². The summed E-state index contributed by atoms with van der Waals surface area (Å²) in [5.74, 6) is 0.707. The van der Waals surface area contributed by atoms with Gasteiger partial charge in [-0.1, -0.05) is 30.4 Å². The number of aliphatic hydroxyl groups is 1. The van der Waals surface area contributed by atoms with E-state index in [1.165, 1.54) is 17.6 Å². The summed E-state index contributed by atoms with van der Waals surface area (Å²) >= 11 is 0. The molecular weight excluding hydrogens is 332 g/mol. The molecule has 2 aliphatic carbocycles. The van der Waals surface area contributed by atoms with Crippen molar-refractivity contribution in [1.29, 1.82) is 0 Å². The van der Waals surface area contributed by atoms with Crippen LogP contribution in [0.4, 0.5) is 0 Å². The molecule has 4 rings (SSSR count). The molecule has 0 spiro atoms. The number of nitrogens with zero attached hydrogens (tertiary/aromatic N) is 2. The largest absolute Gasteiger partial charge is 0.384 e. The molecule has 1 saturated carbocycles. The van der Waals surface area contributed by atoms with Crippen LogP contribution in [-0.4, -0.2) is 28.1 Å². The fraction of sp³-hybridized carbons (Fsp3) is 0.458. The van der Waals surface area contributed by atoms with Gasteiger partial charge in [0.2, 0.25) is 0 Å². The van der Waals surface area contributed by atoms with Crippen molar-refractivity contribution < 1.29 is 5.11 Å². The van der Waals surface area contributed by atoms with Crippen LogP contribution in [0.25, 0.3) is 0 Å². The fourth-order valence-electron chi connectivity index (χ4n) is 4.46. The maximum absolute atomic E-state index is 10.9. The van der Waals surface area contributed by atoms with Gasteiger partial charge in [0.25, 0.3) is 0 Å². The van der Waals surface area contributed by atoms with E-state index in [2.05, 4.69) is 46.5 Å². The van der Waals surface area contributed by atoms with E-state index in [1.54, 1.807) is 6.20 Å². The standard InChI is InChI=1S/C24H30N2O/c27-24(23-8-4-5-16-25-23)14-9-20(10-15-24)11-17-26-18-12-22(13-19-26)21-6-2-1-3-7-21/h1-2,4-5,7-8,12-13,16,18,20,27H,3,6,9-11,14-15,17,19H2. The van der Waals surface area contributed by atoms with Gasteiger partial charge < -0.3 is 10.0 Å². The number of pyridine rings is 1. The summed E-state index contributed by atoms with van der Waals surface area (Å²) in [5.41, 5.74) is 2.98. The van der Waals surface area contributed by atoms with E-state index in [0.29, 0.717) is 5.92 Å². The van der Waals surface area contributed by atoms with Gasteiger partial charge in [0.05, 0.1) is 5.69 Å². The Morgan fingerprint density at radius 1 is 1.15 bits per heavy atom. The smallest absolute Gasteiger partial charge is 0.106 e. The summed E-state index contributed by atoms with van der Waals surface area (Å²) in [5, 5.41) is 10.9. The molecule has 27 heavy (non-hydrogen) atoms. The first kappa shape index (κ1) is 18.2. The van der Waals surface area contributed by atoms with Crippen LogP contribution in [0.15, 0.2) is 72.1 Å². The molecule has 0 amide bonds. The molecule has 0 radical (unpaired) electrons. The molecule has 142 valence electrons. The highest BCUT2D eigenvalue weighted by molar-refractivity contribution is 5.43. The lowest BCUT2D eigenvalue weighted by molar-refractivity contribution is -0.0194. The van der Waals surface area contributed by atoms with Gasteiger partial charge in [0.1, 0.15) is 5.60 Å². The molecule has 3 aliphatic rings. The number of allylic oxidation sites excluding steroid dienone is 6. The minimum absolute atomic E-state index is 0.707. The van der Waals surface area contributed by atoms with Gasteiger partial charge in [-0.3, -0.25) is 4.98 Å². The Morgan fingerprint density at radius 2 is 2.04 bits per heavy atom. The van der Waals surface area contributed by atoms with Gasteiger partial charge in [-0.05, 0) is 86.4 Å². The Morgan fingerprint density at radius 3 is 2.70 bits per heavy atom. The van der Waals surface area contributed by atoms with E-state index >= 15 is 0 Å². The quantitative estimate of drug-likeness (QED) is 0.758. The van der Waals surface area contributed by atoms with Crippen molar-refractivity contribution in [2.45, 2.75) is 50.5 Å². The third-order valence-electron chi connectivity index (χ3n) is 6.28. The average Bonchev–Trinajstić information content (AvgIpc) is 2.75. The van der Waals surface area contributed by atoms with Crippen molar-refractivity contribution in [3.05, 3.63) is 77.8 Å². The van der Waals surface area contributed by atoms with E-state index in [9.17, 15) is 5.11 Å². The summed E-state index contributed by atoms with van der Waals surface area (Å²) in [6, 6.07) is 5.84. The Hall–Kier alpha value is -2.13. The predicted octanol–water partition coefficient (Wildman–Crippen LogP) is 4.88. The number of hydrogen-bond donors (Lipinski definition) is 1. The zero-order valence-electron chi connectivity index (χ0n) is 16.1. The molecule has 1 N–H and O–H groups in total. The summed E-state index contributed by atoms with van der Waals surface area (Å²) in [6.07, 6.45) is 22.7. The van der Waals surface area contributed by atoms with Gasteiger partial charge in [-0.2, -0.15) is 0 Å². The van der Waals surface area contributed by atoms with Crippen LogP contribution in [0.1, 0.15) is 50.6 Å². The first-order valence-corrected chi connectivity index (χ1v) is 10.3. The van der Waals surface area contributed by atoms with Crippen molar-refractivity contribution >= 4 is 0 Å². The molecule has 1 aromatic rings. The van der Waals surface area contributed by atoms with E-state index in [0.717, 1.165) is 57.3 Å². The molecule has 3 nitrogen and oxygen atoms in total. The van der Waals surface area contributed by atoms with Crippen LogP contribution in [0.2, 0.25) is 0 Å². The Balaban J connectivity index is 1.23. The molecule has 0 aromatic carbocycles. The zero-order chi connectivity index (χ0) is 18.5. The second-order valence-corrected chi connectivity index (χ2v) is 8.09. The fourth-order valence-corrected chi connectivity index (χ4v) is 4.46. The SMILES string of the molecule is OC1(c2ccccn2)CCC(CCN2C=CC(C3=CCC=CC3)=CC2)CC1. The first-order valence-electron chi connectivity index (χ1n) is 10.3. The van der Waals surface area contributed by atoms with E-state index in [-0.39, 0.29) is 0 Å². The van der Waals surface area contributed by atoms with Crippen LogP contribution in [-0.2, 0) is 5.60 Å². The van der Waals surface area contributed by atoms with E-state index in [1.807, 2.05) is 18.2 Å². The van der Waals surface area contributed by atoms with Crippen molar-refractivity contribution in [3.8, 4) is 0 Å². The van der Waals surface area contributed by atoms with E-state index in [4.69, 9.17) is 0 Å². The topological polar surface area (TPSA) is 36.4 Å². The molecule has 1 fully saturated rings. The second-order valence-electron chi connectivity index (χ2n) is 8.09. The van der Waals surface area contributed by atoms with Gasteiger partial charge >= 0.3 is 0 Å². The monoisotopic (exact) mass is 362 g/mol. The van der Waals surface area contributed by atoms with Crippen molar-refractivity contribution in [2.24, 2.45) is 5.92 Å².